The molecule has 0 fully saturated rings. The maximum atomic E-state index is 2.42. The Bertz CT molecular complexity index is 3170. The van der Waals surface area contributed by atoms with E-state index >= 15 is 0 Å². The molecule has 0 radical (unpaired) electrons. The monoisotopic (exact) mass is 718 g/mol. The molecule has 3 heteroatoms. The van der Waals surface area contributed by atoms with Crippen LogP contribution in [0.15, 0.2) is 206 Å². The van der Waals surface area contributed by atoms with Crippen molar-refractivity contribution >= 4 is 81.1 Å². The van der Waals surface area contributed by atoms with Crippen molar-refractivity contribution < 1.29 is 0 Å². The lowest BCUT2D eigenvalue weighted by Gasteiger charge is -2.26. The van der Waals surface area contributed by atoms with Gasteiger partial charge in [0.05, 0.1) is 11.0 Å². The van der Waals surface area contributed by atoms with Crippen LogP contribution in [0.5, 0.6) is 0 Å². The molecular formula is C52H34N2S. The standard InChI is InChI=1S/C52H34N2S/c1-2-12-41(13-3-1)53(43-28-24-38(25-29-43)40-19-18-35-10-4-5-11-39(35)34-40)42-26-20-36(21-27-42)37-22-30-44(31-23-37)54-48-16-8-6-15-47(48)51-49(54)33-32-46-45-14-7-9-17-50(45)55-52(46)51/h1-34H. The Labute approximate surface area is 323 Å². The van der Waals surface area contributed by atoms with Gasteiger partial charge in [-0.3, -0.25) is 0 Å². The minimum Gasteiger partial charge on any atom is -0.311 e. The lowest BCUT2D eigenvalue weighted by Crippen LogP contribution is -2.09. The van der Waals surface area contributed by atoms with E-state index in [1.54, 1.807) is 0 Å². The van der Waals surface area contributed by atoms with Crippen molar-refractivity contribution in [2.75, 3.05) is 4.90 Å². The van der Waals surface area contributed by atoms with Gasteiger partial charge in [-0.2, -0.15) is 0 Å². The lowest BCUT2D eigenvalue weighted by molar-refractivity contribution is 1.18. The molecule has 0 aliphatic heterocycles. The van der Waals surface area contributed by atoms with Crippen LogP contribution in [0.3, 0.4) is 0 Å². The van der Waals surface area contributed by atoms with Gasteiger partial charge in [-0.05, 0) is 106 Å². The van der Waals surface area contributed by atoms with Crippen molar-refractivity contribution in [1.82, 2.24) is 4.57 Å². The number of anilines is 3. The first-order valence-electron chi connectivity index (χ1n) is 18.8. The molecule has 0 atom stereocenters. The van der Waals surface area contributed by atoms with Crippen LogP contribution in [0, 0.1) is 0 Å². The molecule has 55 heavy (non-hydrogen) atoms. The van der Waals surface area contributed by atoms with Crippen molar-refractivity contribution in [3.8, 4) is 27.9 Å². The van der Waals surface area contributed by atoms with Crippen molar-refractivity contribution in [2.45, 2.75) is 0 Å². The highest BCUT2D eigenvalue weighted by molar-refractivity contribution is 7.26. The average Bonchev–Trinajstić information content (AvgIpc) is 3.81. The topological polar surface area (TPSA) is 8.17 Å². The van der Waals surface area contributed by atoms with Crippen LogP contribution in [-0.2, 0) is 0 Å². The summed E-state index contributed by atoms with van der Waals surface area (Å²) in [5, 5.41) is 7.80. The molecule has 0 amide bonds. The Kier molecular flexibility index (Phi) is 7.39. The zero-order valence-electron chi connectivity index (χ0n) is 29.9. The number of hydrogen-bond donors (Lipinski definition) is 0. The van der Waals surface area contributed by atoms with Crippen LogP contribution < -0.4 is 4.90 Å². The summed E-state index contributed by atoms with van der Waals surface area (Å²) in [5.41, 5.74) is 11.8. The van der Waals surface area contributed by atoms with Gasteiger partial charge in [0.15, 0.2) is 0 Å². The summed E-state index contributed by atoms with van der Waals surface area (Å²) < 4.78 is 5.11. The maximum Gasteiger partial charge on any atom is 0.0555 e. The highest BCUT2D eigenvalue weighted by Gasteiger charge is 2.18. The van der Waals surface area contributed by atoms with Gasteiger partial charge in [0.2, 0.25) is 0 Å². The number of nitrogens with zero attached hydrogens (tertiary/aromatic N) is 2. The number of aromatic nitrogens is 1. The predicted molar refractivity (Wildman–Crippen MR) is 237 cm³/mol. The van der Waals surface area contributed by atoms with Crippen molar-refractivity contribution in [2.24, 2.45) is 0 Å². The van der Waals surface area contributed by atoms with Gasteiger partial charge in [0.1, 0.15) is 0 Å². The van der Waals surface area contributed by atoms with Gasteiger partial charge in [-0.15, -0.1) is 11.3 Å². The summed E-state index contributed by atoms with van der Waals surface area (Å²) in [6.45, 7) is 0. The van der Waals surface area contributed by atoms with Gasteiger partial charge in [-0.25, -0.2) is 0 Å². The minimum atomic E-state index is 1.11. The molecule has 0 unspecified atom stereocenters. The number of rotatable bonds is 6. The molecule has 0 bridgehead atoms. The average molecular weight is 719 g/mol. The number of hydrogen-bond acceptors (Lipinski definition) is 2. The largest absolute Gasteiger partial charge is 0.311 e. The number of para-hydroxylation sites is 2. The molecule has 2 aromatic heterocycles. The molecule has 0 saturated carbocycles. The van der Waals surface area contributed by atoms with Crippen LogP contribution in [-0.4, -0.2) is 4.57 Å². The lowest BCUT2D eigenvalue weighted by atomic mass is 10.0. The molecule has 11 rings (SSSR count). The summed E-state index contributed by atoms with van der Waals surface area (Å²) in [6, 6.07) is 74.9. The molecule has 0 aliphatic rings. The summed E-state index contributed by atoms with van der Waals surface area (Å²) in [4.78, 5) is 2.33. The fourth-order valence-electron chi connectivity index (χ4n) is 8.32. The highest BCUT2D eigenvalue weighted by atomic mass is 32.1. The Morgan fingerprint density at radius 2 is 0.927 bits per heavy atom. The smallest absolute Gasteiger partial charge is 0.0555 e. The van der Waals surface area contributed by atoms with E-state index in [1.165, 1.54) is 75.0 Å². The van der Waals surface area contributed by atoms with Gasteiger partial charge in [0, 0.05) is 53.7 Å². The van der Waals surface area contributed by atoms with Gasteiger partial charge in [0.25, 0.3) is 0 Å². The predicted octanol–water partition coefficient (Wildman–Crippen LogP) is 15.1. The van der Waals surface area contributed by atoms with Crippen LogP contribution in [0.1, 0.15) is 0 Å². The van der Waals surface area contributed by atoms with E-state index in [1.807, 2.05) is 11.3 Å². The Morgan fingerprint density at radius 3 is 1.67 bits per heavy atom. The fraction of sp³-hybridized carbons (Fsp3) is 0. The first-order chi connectivity index (χ1) is 27.3. The Morgan fingerprint density at radius 1 is 0.364 bits per heavy atom. The molecule has 0 saturated heterocycles. The third-order valence-corrected chi connectivity index (χ3v) is 12.2. The summed E-state index contributed by atoms with van der Waals surface area (Å²) in [5.74, 6) is 0. The van der Waals surface area contributed by atoms with E-state index in [2.05, 4.69) is 216 Å². The Balaban J connectivity index is 0.929. The third kappa shape index (κ3) is 5.32. The van der Waals surface area contributed by atoms with Crippen molar-refractivity contribution in [3.05, 3.63) is 206 Å². The fourth-order valence-corrected chi connectivity index (χ4v) is 9.57. The van der Waals surface area contributed by atoms with E-state index < -0.39 is 0 Å². The molecule has 9 aromatic carbocycles. The second-order valence-corrected chi connectivity index (χ2v) is 15.2. The molecule has 0 spiro atoms. The molecule has 258 valence electrons. The summed E-state index contributed by atoms with van der Waals surface area (Å²) >= 11 is 1.90. The van der Waals surface area contributed by atoms with Gasteiger partial charge >= 0.3 is 0 Å². The van der Waals surface area contributed by atoms with E-state index in [0.717, 1.165) is 22.7 Å². The minimum absolute atomic E-state index is 1.11. The first kappa shape index (κ1) is 31.6. The van der Waals surface area contributed by atoms with Gasteiger partial charge in [-0.1, -0.05) is 133 Å². The quantitative estimate of drug-likeness (QED) is 0.166. The van der Waals surface area contributed by atoms with E-state index in [9.17, 15) is 0 Å². The molecule has 2 heterocycles. The molecular weight excluding hydrogens is 685 g/mol. The van der Waals surface area contributed by atoms with Crippen molar-refractivity contribution in [3.63, 3.8) is 0 Å². The zero-order valence-corrected chi connectivity index (χ0v) is 30.7. The zero-order chi connectivity index (χ0) is 36.3. The van der Waals surface area contributed by atoms with Gasteiger partial charge < -0.3 is 9.47 Å². The Hall–Kier alpha value is -6.94. The number of thiophene rings is 1. The van der Waals surface area contributed by atoms with E-state index in [4.69, 9.17) is 0 Å². The number of fused-ring (bicyclic) bond motifs is 8. The number of benzene rings is 9. The van der Waals surface area contributed by atoms with Crippen LogP contribution >= 0.6 is 11.3 Å². The van der Waals surface area contributed by atoms with E-state index in [0.29, 0.717) is 0 Å². The molecule has 11 aromatic rings. The second-order valence-electron chi connectivity index (χ2n) is 14.2. The molecule has 0 aliphatic carbocycles. The maximum absolute atomic E-state index is 2.42. The van der Waals surface area contributed by atoms with E-state index in [-0.39, 0.29) is 0 Å². The summed E-state index contributed by atoms with van der Waals surface area (Å²) in [7, 11) is 0. The molecule has 2 nitrogen and oxygen atoms in total. The van der Waals surface area contributed by atoms with Crippen LogP contribution in [0.2, 0.25) is 0 Å². The van der Waals surface area contributed by atoms with Crippen LogP contribution in [0.25, 0.3) is 80.7 Å². The highest BCUT2D eigenvalue weighted by Crippen LogP contribution is 2.43. The summed E-state index contributed by atoms with van der Waals surface area (Å²) in [6.07, 6.45) is 0. The first-order valence-corrected chi connectivity index (χ1v) is 19.6. The SMILES string of the molecule is c1ccc(N(c2ccc(-c3ccc(-n4c5ccccc5c5c6sc7ccccc7c6ccc54)cc3)cc2)c2ccc(-c3ccc4ccccc4c3)cc2)cc1. The second kappa shape index (κ2) is 12.9. The third-order valence-electron chi connectivity index (χ3n) is 11.0. The normalized spacial score (nSPS) is 11.6. The van der Waals surface area contributed by atoms with Crippen molar-refractivity contribution in [1.29, 1.82) is 0 Å². The van der Waals surface area contributed by atoms with Crippen LogP contribution in [0.4, 0.5) is 17.1 Å². The molecule has 0 N–H and O–H groups in total.